The zero-order valence-corrected chi connectivity index (χ0v) is 11.1. The Labute approximate surface area is 111 Å². The van der Waals surface area contributed by atoms with Gasteiger partial charge in [0.05, 0.1) is 0 Å². The number of esters is 1. The van der Waals surface area contributed by atoms with Crippen LogP contribution in [0.2, 0.25) is 0 Å². The second kappa shape index (κ2) is 7.76. The second-order valence-electron chi connectivity index (χ2n) is 3.83. The van der Waals surface area contributed by atoms with Crippen LogP contribution in [0.3, 0.4) is 0 Å². The molecule has 4 nitrogen and oxygen atoms in total. The zero-order valence-electron chi connectivity index (χ0n) is 10.3. The lowest BCUT2D eigenvalue weighted by molar-refractivity contribution is -0.153. The Kier molecular flexibility index (Phi) is 6.28. The summed E-state index contributed by atoms with van der Waals surface area (Å²) in [4.78, 5) is 22.9. The molecule has 0 bridgehead atoms. The van der Waals surface area contributed by atoms with Gasteiger partial charge in [0.25, 0.3) is 0 Å². The number of thioether (sulfide) groups is 1. The van der Waals surface area contributed by atoms with Gasteiger partial charge in [-0.05, 0) is 24.0 Å². The fourth-order valence-corrected chi connectivity index (χ4v) is 1.91. The van der Waals surface area contributed by atoms with Crippen LogP contribution in [0.25, 0.3) is 0 Å². The second-order valence-corrected chi connectivity index (χ2v) is 4.82. The molecule has 1 atom stereocenters. The van der Waals surface area contributed by atoms with Crippen LogP contribution in [-0.2, 0) is 20.9 Å². The Balaban J connectivity index is 2.49. The van der Waals surface area contributed by atoms with E-state index in [2.05, 4.69) is 0 Å². The molecule has 0 heterocycles. The number of carbonyl (C=O) groups is 2. The largest absolute Gasteiger partial charge is 0.460 e. The molecule has 1 rings (SSSR count). The molecule has 2 N–H and O–H groups in total. The first-order valence-corrected chi connectivity index (χ1v) is 7.03. The van der Waals surface area contributed by atoms with Crippen molar-refractivity contribution in [2.24, 2.45) is 11.7 Å². The van der Waals surface area contributed by atoms with Crippen LogP contribution in [0.5, 0.6) is 0 Å². The Bertz CT molecular complexity index is 394. The van der Waals surface area contributed by atoms with Crippen molar-refractivity contribution in [2.45, 2.75) is 13.0 Å². The van der Waals surface area contributed by atoms with E-state index in [-0.39, 0.29) is 6.61 Å². The van der Waals surface area contributed by atoms with Crippen LogP contribution in [0.15, 0.2) is 30.3 Å². The minimum absolute atomic E-state index is 0.169. The number of carbonyl (C=O) groups excluding carboxylic acids is 2. The predicted molar refractivity (Wildman–Crippen MR) is 71.9 cm³/mol. The fourth-order valence-electron chi connectivity index (χ4n) is 1.44. The molecule has 1 aromatic carbocycles. The smallest absolute Gasteiger partial charge is 0.318 e. The number of primary amides is 1. The number of hydrogen-bond acceptors (Lipinski definition) is 4. The molecule has 0 aliphatic carbocycles. The van der Waals surface area contributed by atoms with Gasteiger partial charge in [-0.1, -0.05) is 30.3 Å². The first-order chi connectivity index (χ1) is 8.65. The van der Waals surface area contributed by atoms with Crippen LogP contribution >= 0.6 is 11.8 Å². The third kappa shape index (κ3) is 4.79. The van der Waals surface area contributed by atoms with Crippen LogP contribution < -0.4 is 5.73 Å². The summed E-state index contributed by atoms with van der Waals surface area (Å²) < 4.78 is 5.10. The molecule has 0 aliphatic heterocycles. The molecule has 0 aromatic heterocycles. The van der Waals surface area contributed by atoms with E-state index < -0.39 is 17.8 Å². The number of nitrogens with two attached hydrogens (primary N) is 1. The van der Waals surface area contributed by atoms with Gasteiger partial charge < -0.3 is 10.5 Å². The van der Waals surface area contributed by atoms with Gasteiger partial charge in [0, 0.05) is 0 Å². The number of benzene rings is 1. The van der Waals surface area contributed by atoms with E-state index in [1.54, 1.807) is 11.8 Å². The summed E-state index contributed by atoms with van der Waals surface area (Å²) in [7, 11) is 0. The summed E-state index contributed by atoms with van der Waals surface area (Å²) in [5.74, 6) is -1.31. The molecule has 0 saturated heterocycles. The number of hydrogen-bond donors (Lipinski definition) is 1. The SMILES string of the molecule is CSCC[C@@H](C(N)=O)C(=O)OCc1ccccc1. The standard InChI is InChI=1S/C13H17NO3S/c1-18-8-7-11(12(14)15)13(16)17-9-10-5-3-2-4-6-10/h2-6,11H,7-9H2,1H3,(H2,14,15)/t11-/m0/s1. The van der Waals surface area contributed by atoms with Crippen molar-refractivity contribution in [3.63, 3.8) is 0 Å². The van der Waals surface area contributed by atoms with Crippen LogP contribution in [0, 0.1) is 5.92 Å². The summed E-state index contributed by atoms with van der Waals surface area (Å²) in [6.45, 7) is 0.169. The molecule has 0 saturated carbocycles. The highest BCUT2D eigenvalue weighted by Gasteiger charge is 2.25. The summed E-state index contributed by atoms with van der Waals surface area (Å²) >= 11 is 1.56. The van der Waals surface area contributed by atoms with E-state index in [9.17, 15) is 9.59 Å². The molecular weight excluding hydrogens is 250 g/mol. The van der Waals surface area contributed by atoms with E-state index in [4.69, 9.17) is 10.5 Å². The zero-order chi connectivity index (χ0) is 13.4. The van der Waals surface area contributed by atoms with Gasteiger partial charge in [-0.15, -0.1) is 0 Å². The van der Waals surface area contributed by atoms with Crippen molar-refractivity contribution in [3.05, 3.63) is 35.9 Å². The molecule has 98 valence electrons. The quantitative estimate of drug-likeness (QED) is 0.601. The maximum atomic E-state index is 11.7. The minimum Gasteiger partial charge on any atom is -0.460 e. The molecule has 5 heteroatoms. The maximum Gasteiger partial charge on any atom is 0.318 e. The average Bonchev–Trinajstić information content (AvgIpc) is 2.37. The molecular formula is C13H17NO3S. The van der Waals surface area contributed by atoms with Crippen molar-refractivity contribution < 1.29 is 14.3 Å². The maximum absolute atomic E-state index is 11.7. The van der Waals surface area contributed by atoms with E-state index in [1.807, 2.05) is 36.6 Å². The van der Waals surface area contributed by atoms with Crippen LogP contribution in [0.1, 0.15) is 12.0 Å². The monoisotopic (exact) mass is 267 g/mol. The Morgan fingerprint density at radius 1 is 1.33 bits per heavy atom. The molecule has 0 fully saturated rings. The predicted octanol–water partition coefficient (Wildman–Crippen LogP) is 1.58. The van der Waals surface area contributed by atoms with Gasteiger partial charge in [0.2, 0.25) is 5.91 Å². The number of rotatable bonds is 7. The number of ether oxygens (including phenoxy) is 1. The average molecular weight is 267 g/mol. The highest BCUT2D eigenvalue weighted by Crippen LogP contribution is 2.11. The molecule has 0 unspecified atom stereocenters. The summed E-state index contributed by atoms with van der Waals surface area (Å²) in [5.41, 5.74) is 6.09. The van der Waals surface area contributed by atoms with Gasteiger partial charge in [-0.3, -0.25) is 9.59 Å². The summed E-state index contributed by atoms with van der Waals surface area (Å²) in [6, 6.07) is 9.32. The fraction of sp³-hybridized carbons (Fsp3) is 0.385. The van der Waals surface area contributed by atoms with E-state index in [0.717, 1.165) is 5.56 Å². The molecule has 0 spiro atoms. The molecule has 1 amide bonds. The van der Waals surface area contributed by atoms with E-state index in [1.165, 1.54) is 0 Å². The van der Waals surface area contributed by atoms with E-state index >= 15 is 0 Å². The minimum atomic E-state index is -0.846. The van der Waals surface area contributed by atoms with Crippen molar-refractivity contribution >= 4 is 23.6 Å². The summed E-state index contributed by atoms with van der Waals surface area (Å²) in [6.07, 6.45) is 2.33. The molecule has 18 heavy (non-hydrogen) atoms. The Hall–Kier alpha value is -1.49. The van der Waals surface area contributed by atoms with Crippen LogP contribution in [-0.4, -0.2) is 23.9 Å². The molecule has 0 aliphatic rings. The topological polar surface area (TPSA) is 69.4 Å². The Morgan fingerprint density at radius 3 is 2.56 bits per heavy atom. The lowest BCUT2D eigenvalue weighted by Crippen LogP contribution is -2.32. The van der Waals surface area contributed by atoms with Crippen molar-refractivity contribution in [2.75, 3.05) is 12.0 Å². The summed E-state index contributed by atoms with van der Waals surface area (Å²) in [5, 5.41) is 0. The third-order valence-corrected chi connectivity index (χ3v) is 3.11. The van der Waals surface area contributed by atoms with Crippen LogP contribution in [0.4, 0.5) is 0 Å². The highest BCUT2D eigenvalue weighted by molar-refractivity contribution is 7.98. The van der Waals surface area contributed by atoms with Gasteiger partial charge in [-0.2, -0.15) is 11.8 Å². The molecule has 0 radical (unpaired) electrons. The van der Waals surface area contributed by atoms with Crippen molar-refractivity contribution in [3.8, 4) is 0 Å². The van der Waals surface area contributed by atoms with Gasteiger partial charge in [-0.25, -0.2) is 0 Å². The first-order valence-electron chi connectivity index (χ1n) is 5.64. The Morgan fingerprint density at radius 2 is 2.00 bits per heavy atom. The van der Waals surface area contributed by atoms with E-state index in [0.29, 0.717) is 12.2 Å². The van der Waals surface area contributed by atoms with Gasteiger partial charge >= 0.3 is 5.97 Å². The number of amides is 1. The first kappa shape index (κ1) is 14.6. The van der Waals surface area contributed by atoms with Crippen molar-refractivity contribution in [1.82, 2.24) is 0 Å². The van der Waals surface area contributed by atoms with Gasteiger partial charge in [0.1, 0.15) is 12.5 Å². The highest BCUT2D eigenvalue weighted by atomic mass is 32.2. The lowest BCUT2D eigenvalue weighted by atomic mass is 10.1. The normalized spacial score (nSPS) is 11.8. The third-order valence-electron chi connectivity index (χ3n) is 2.46. The van der Waals surface area contributed by atoms with Crippen molar-refractivity contribution in [1.29, 1.82) is 0 Å². The lowest BCUT2D eigenvalue weighted by Gasteiger charge is -2.12. The molecule has 1 aromatic rings. The van der Waals surface area contributed by atoms with Gasteiger partial charge in [0.15, 0.2) is 0 Å².